The first kappa shape index (κ1) is 20.3. The number of aromatic nitrogens is 2. The molecule has 0 spiro atoms. The largest absolute Gasteiger partial charge is 0.446 e. The van der Waals surface area contributed by atoms with Gasteiger partial charge in [0.05, 0.1) is 21.6 Å². The lowest BCUT2D eigenvalue weighted by Gasteiger charge is -2.22. The van der Waals surface area contributed by atoms with Crippen LogP contribution in [0.3, 0.4) is 0 Å². The molecular formula is C22H24N4O3S. The van der Waals surface area contributed by atoms with Gasteiger partial charge in [-0.1, -0.05) is 23.8 Å². The zero-order chi connectivity index (χ0) is 21.1. The summed E-state index contributed by atoms with van der Waals surface area (Å²) in [6.07, 6.45) is 6.63. The first-order chi connectivity index (χ1) is 14.5. The normalized spacial score (nSPS) is 14.5. The third-order valence-corrected chi connectivity index (χ3v) is 6.07. The van der Waals surface area contributed by atoms with Crippen LogP contribution in [-0.2, 0) is 9.53 Å². The van der Waals surface area contributed by atoms with Crippen LogP contribution in [0, 0.1) is 6.92 Å². The molecule has 1 aliphatic carbocycles. The Morgan fingerprint density at radius 1 is 1.13 bits per heavy atom. The first-order valence-corrected chi connectivity index (χ1v) is 10.9. The van der Waals surface area contributed by atoms with Crippen LogP contribution in [-0.4, -0.2) is 28.1 Å². The highest BCUT2D eigenvalue weighted by Crippen LogP contribution is 2.31. The van der Waals surface area contributed by atoms with Crippen molar-refractivity contribution < 1.29 is 14.3 Å². The van der Waals surface area contributed by atoms with E-state index in [1.165, 1.54) is 24.7 Å². The molecule has 1 saturated carbocycles. The Kier molecular flexibility index (Phi) is 5.94. The quantitative estimate of drug-likeness (QED) is 0.576. The number of anilines is 2. The lowest BCUT2D eigenvalue weighted by Crippen LogP contribution is -2.24. The number of nitrogens with one attached hydrogen (secondary N) is 2. The number of hydrogen-bond donors (Lipinski definition) is 2. The van der Waals surface area contributed by atoms with Crippen LogP contribution in [0.2, 0.25) is 0 Å². The third kappa shape index (κ3) is 4.76. The second-order valence-electron chi connectivity index (χ2n) is 7.56. The van der Waals surface area contributed by atoms with Crippen molar-refractivity contribution in [1.82, 2.24) is 9.97 Å². The van der Waals surface area contributed by atoms with Crippen LogP contribution in [0.1, 0.15) is 44.6 Å². The molecule has 0 radical (unpaired) electrons. The Labute approximate surface area is 178 Å². The van der Waals surface area contributed by atoms with Crippen molar-refractivity contribution in [2.75, 3.05) is 10.6 Å². The molecule has 2 N–H and O–H groups in total. The van der Waals surface area contributed by atoms with Crippen LogP contribution >= 0.6 is 11.3 Å². The summed E-state index contributed by atoms with van der Waals surface area (Å²) in [4.78, 5) is 32.5. The van der Waals surface area contributed by atoms with E-state index in [9.17, 15) is 9.59 Å². The van der Waals surface area contributed by atoms with Crippen molar-refractivity contribution in [3.63, 3.8) is 0 Å². The molecule has 2 amide bonds. The molecule has 2 heterocycles. The van der Waals surface area contributed by atoms with E-state index < -0.39 is 6.09 Å². The highest BCUT2D eigenvalue weighted by Gasteiger charge is 2.18. The van der Waals surface area contributed by atoms with Crippen molar-refractivity contribution in [3.8, 4) is 11.3 Å². The van der Waals surface area contributed by atoms with Gasteiger partial charge < -0.3 is 10.1 Å². The predicted molar refractivity (Wildman–Crippen MR) is 119 cm³/mol. The molecule has 0 bridgehead atoms. The summed E-state index contributed by atoms with van der Waals surface area (Å²) in [5.41, 5.74) is 4.01. The third-order valence-electron chi connectivity index (χ3n) is 5.13. The Morgan fingerprint density at radius 3 is 2.70 bits per heavy atom. The lowest BCUT2D eigenvalue weighted by atomic mass is 9.98. The van der Waals surface area contributed by atoms with Crippen molar-refractivity contribution >= 4 is 44.4 Å². The topological polar surface area (TPSA) is 93.2 Å². The van der Waals surface area contributed by atoms with Gasteiger partial charge in [0.2, 0.25) is 5.91 Å². The second kappa shape index (κ2) is 8.79. The molecule has 3 aromatic rings. The molecule has 0 atom stereocenters. The van der Waals surface area contributed by atoms with Crippen LogP contribution in [0.4, 0.5) is 15.6 Å². The monoisotopic (exact) mass is 424 g/mol. The van der Waals surface area contributed by atoms with E-state index >= 15 is 0 Å². The van der Waals surface area contributed by atoms with Gasteiger partial charge in [0.1, 0.15) is 6.10 Å². The van der Waals surface area contributed by atoms with Gasteiger partial charge in [0.25, 0.3) is 0 Å². The minimum atomic E-state index is -0.417. The number of carbonyl (C=O) groups excluding carboxylic acids is 2. The summed E-state index contributed by atoms with van der Waals surface area (Å²) in [6, 6.07) is 7.67. The number of aryl methyl sites for hydroxylation is 1. The van der Waals surface area contributed by atoms with Crippen LogP contribution in [0.25, 0.3) is 21.5 Å². The number of thiazole rings is 1. The Hall–Kier alpha value is -3.00. The minimum Gasteiger partial charge on any atom is -0.446 e. The van der Waals surface area contributed by atoms with Crippen LogP contribution in [0.15, 0.2) is 30.5 Å². The fraction of sp³-hybridized carbons (Fsp3) is 0.364. The van der Waals surface area contributed by atoms with Gasteiger partial charge in [0, 0.05) is 18.7 Å². The molecule has 4 rings (SSSR count). The summed E-state index contributed by atoms with van der Waals surface area (Å²) in [7, 11) is 0. The van der Waals surface area contributed by atoms with Crippen LogP contribution < -0.4 is 10.6 Å². The van der Waals surface area contributed by atoms with Crippen molar-refractivity contribution in [2.24, 2.45) is 0 Å². The van der Waals surface area contributed by atoms with Gasteiger partial charge in [-0.05, 0) is 56.4 Å². The van der Waals surface area contributed by atoms with E-state index in [-0.39, 0.29) is 12.0 Å². The maximum atomic E-state index is 12.4. The smallest absolute Gasteiger partial charge is 0.411 e. The lowest BCUT2D eigenvalue weighted by molar-refractivity contribution is -0.114. The number of ether oxygens (including phenoxy) is 1. The Morgan fingerprint density at radius 2 is 1.93 bits per heavy atom. The summed E-state index contributed by atoms with van der Waals surface area (Å²) >= 11 is 1.41. The molecule has 1 fully saturated rings. The summed E-state index contributed by atoms with van der Waals surface area (Å²) in [6.45, 7) is 3.36. The molecule has 1 aliphatic rings. The molecule has 0 aliphatic heterocycles. The molecule has 30 heavy (non-hydrogen) atoms. The van der Waals surface area contributed by atoms with Crippen molar-refractivity contribution in [1.29, 1.82) is 0 Å². The summed E-state index contributed by atoms with van der Waals surface area (Å²) < 4.78 is 6.53. The number of fused-ring (bicyclic) bond motifs is 1. The number of amides is 2. The molecule has 156 valence electrons. The van der Waals surface area contributed by atoms with Gasteiger partial charge in [0.15, 0.2) is 5.13 Å². The van der Waals surface area contributed by atoms with E-state index in [4.69, 9.17) is 4.74 Å². The van der Waals surface area contributed by atoms with Crippen molar-refractivity contribution in [2.45, 2.75) is 52.1 Å². The Balaban J connectivity index is 1.53. The molecule has 8 heteroatoms. The number of nitrogens with zero attached hydrogens (tertiary/aromatic N) is 2. The number of hydrogen-bond acceptors (Lipinski definition) is 6. The summed E-state index contributed by atoms with van der Waals surface area (Å²) in [5, 5.41) is 6.16. The molecule has 7 nitrogen and oxygen atoms in total. The maximum absolute atomic E-state index is 12.4. The average Bonchev–Trinajstić information content (AvgIpc) is 3.11. The van der Waals surface area contributed by atoms with Gasteiger partial charge in [-0.3, -0.25) is 15.1 Å². The fourth-order valence-corrected chi connectivity index (χ4v) is 4.53. The van der Waals surface area contributed by atoms with Gasteiger partial charge >= 0.3 is 6.09 Å². The number of rotatable bonds is 4. The molecule has 0 saturated heterocycles. The second-order valence-corrected chi connectivity index (χ2v) is 8.59. The van der Waals surface area contributed by atoms with Gasteiger partial charge in [-0.2, -0.15) is 0 Å². The van der Waals surface area contributed by atoms with E-state index in [1.807, 2.05) is 31.2 Å². The maximum Gasteiger partial charge on any atom is 0.411 e. The molecule has 1 aromatic carbocycles. The van der Waals surface area contributed by atoms with Crippen molar-refractivity contribution in [3.05, 3.63) is 36.0 Å². The summed E-state index contributed by atoms with van der Waals surface area (Å²) in [5.74, 6) is -0.148. The zero-order valence-corrected chi connectivity index (χ0v) is 17.8. The minimum absolute atomic E-state index is 0.00640. The highest BCUT2D eigenvalue weighted by molar-refractivity contribution is 7.22. The van der Waals surface area contributed by atoms with E-state index in [1.54, 1.807) is 6.20 Å². The van der Waals surface area contributed by atoms with Gasteiger partial charge in [-0.25, -0.2) is 9.78 Å². The van der Waals surface area contributed by atoms with Gasteiger partial charge in [-0.15, -0.1) is 0 Å². The number of pyridine rings is 1. The zero-order valence-electron chi connectivity index (χ0n) is 17.0. The van der Waals surface area contributed by atoms with Crippen LogP contribution in [0.5, 0.6) is 0 Å². The predicted octanol–water partition coefficient (Wildman–Crippen LogP) is 5.51. The standard InChI is InChI=1S/C22H24N4O3S/c1-13-12-23-19(11-18(13)26-22(28)29-16-6-4-3-5-7-16)15-8-9-17-20(10-15)30-21(25-17)24-14(2)27/h8-12,16H,3-7H2,1-2H3,(H,23,26,28)(H,24,25,27). The first-order valence-electron chi connectivity index (χ1n) is 10.1. The molecular weight excluding hydrogens is 400 g/mol. The van der Waals surface area contributed by atoms with E-state index in [0.717, 1.165) is 52.7 Å². The van der Waals surface area contributed by atoms with E-state index in [2.05, 4.69) is 20.6 Å². The molecule has 0 unspecified atom stereocenters. The molecule has 2 aromatic heterocycles. The fourth-order valence-electron chi connectivity index (χ4n) is 3.58. The number of benzene rings is 1. The SMILES string of the molecule is CC(=O)Nc1nc2ccc(-c3cc(NC(=O)OC4CCCCC4)c(C)cn3)cc2s1. The van der Waals surface area contributed by atoms with E-state index in [0.29, 0.717) is 10.8 Å². The Bertz CT molecular complexity index is 1090. The highest BCUT2D eigenvalue weighted by atomic mass is 32.1. The number of carbonyl (C=O) groups is 2. The average molecular weight is 425 g/mol.